The Morgan fingerprint density at radius 1 is 1.25 bits per heavy atom. The normalized spacial score (nSPS) is 24.1. The molecule has 0 heterocycles. The minimum atomic E-state index is -3.26. The van der Waals surface area contributed by atoms with Crippen LogP contribution in [-0.4, -0.2) is 42.9 Å². The fraction of sp³-hybridized carbons (Fsp3) is 0.846. The predicted molar refractivity (Wildman–Crippen MR) is 75.0 cm³/mol. The third kappa shape index (κ3) is 4.19. The summed E-state index contributed by atoms with van der Waals surface area (Å²) in [6.45, 7) is 3.16. The molecule has 0 aromatic carbocycles. The largest absolute Gasteiger partial charge is 0.481 e. The minimum Gasteiger partial charge on any atom is -0.481 e. The first-order chi connectivity index (χ1) is 9.04. The van der Waals surface area contributed by atoms with Gasteiger partial charge in [0.25, 0.3) is 0 Å². The van der Waals surface area contributed by atoms with Gasteiger partial charge >= 0.3 is 5.97 Å². The van der Waals surface area contributed by atoms with E-state index in [0.717, 1.165) is 6.26 Å². The highest BCUT2D eigenvalue weighted by Crippen LogP contribution is 2.29. The lowest BCUT2D eigenvalue weighted by molar-refractivity contribution is -0.144. The number of aliphatic carboxylic acids is 1. The molecule has 0 spiro atoms. The number of carbonyl (C=O) groups excluding carboxylic acids is 1. The molecule has 1 aliphatic rings. The van der Waals surface area contributed by atoms with Crippen LogP contribution in [0.4, 0.5) is 0 Å². The molecule has 2 atom stereocenters. The van der Waals surface area contributed by atoms with E-state index in [1.54, 1.807) is 13.8 Å². The number of hydrogen-bond donors (Lipinski definition) is 2. The lowest BCUT2D eigenvalue weighted by Gasteiger charge is -2.28. The number of carboxylic acids is 1. The summed E-state index contributed by atoms with van der Waals surface area (Å²) < 4.78 is 22.1. The molecule has 0 aromatic heterocycles. The van der Waals surface area contributed by atoms with Gasteiger partial charge in [-0.05, 0) is 33.1 Å². The number of sulfone groups is 1. The first-order valence-electron chi connectivity index (χ1n) is 6.75. The number of amides is 1. The van der Waals surface area contributed by atoms with Crippen molar-refractivity contribution in [3.8, 4) is 0 Å². The second-order valence-corrected chi connectivity index (χ2v) is 8.80. The van der Waals surface area contributed by atoms with Crippen molar-refractivity contribution in [2.24, 2.45) is 11.8 Å². The van der Waals surface area contributed by atoms with Crippen molar-refractivity contribution in [1.82, 2.24) is 5.32 Å². The van der Waals surface area contributed by atoms with Gasteiger partial charge in [0.05, 0.1) is 10.7 Å². The molecule has 6 nitrogen and oxygen atoms in total. The molecule has 2 unspecified atom stereocenters. The Morgan fingerprint density at radius 3 is 2.30 bits per heavy atom. The average molecular weight is 305 g/mol. The molecule has 0 aliphatic heterocycles. The van der Waals surface area contributed by atoms with Crippen molar-refractivity contribution in [1.29, 1.82) is 0 Å². The SMILES string of the molecule is CC(C)(CNC(=O)C1CCCC(C(=O)O)C1)S(C)(=O)=O. The van der Waals surface area contributed by atoms with Gasteiger partial charge in [-0.15, -0.1) is 0 Å². The number of carbonyl (C=O) groups is 2. The summed E-state index contributed by atoms with van der Waals surface area (Å²) >= 11 is 0. The molecular weight excluding hydrogens is 282 g/mol. The molecular formula is C13H23NO5S. The first-order valence-corrected chi connectivity index (χ1v) is 8.64. The molecule has 2 N–H and O–H groups in total. The summed E-state index contributed by atoms with van der Waals surface area (Å²) in [6, 6.07) is 0. The third-order valence-electron chi connectivity index (χ3n) is 4.09. The van der Waals surface area contributed by atoms with Crippen LogP contribution in [0, 0.1) is 11.8 Å². The lowest BCUT2D eigenvalue weighted by atomic mass is 9.81. The van der Waals surface area contributed by atoms with E-state index in [-0.39, 0.29) is 18.4 Å². The zero-order chi connectivity index (χ0) is 15.6. The predicted octanol–water partition coefficient (Wildman–Crippen LogP) is 0.817. The molecule has 0 bridgehead atoms. The minimum absolute atomic E-state index is 0.0406. The fourth-order valence-electron chi connectivity index (χ4n) is 2.23. The Kier molecular flexibility index (Phi) is 5.18. The van der Waals surface area contributed by atoms with Crippen molar-refractivity contribution in [2.75, 3.05) is 12.8 Å². The molecule has 0 saturated heterocycles. The average Bonchev–Trinajstić information content (AvgIpc) is 2.34. The van der Waals surface area contributed by atoms with Gasteiger partial charge < -0.3 is 10.4 Å². The zero-order valence-corrected chi connectivity index (χ0v) is 13.0. The van der Waals surface area contributed by atoms with Gasteiger partial charge in [0.1, 0.15) is 0 Å². The number of hydrogen-bond acceptors (Lipinski definition) is 4. The van der Waals surface area contributed by atoms with Crippen molar-refractivity contribution in [2.45, 2.75) is 44.3 Å². The summed E-state index contributed by atoms with van der Waals surface area (Å²) in [5.41, 5.74) is 0. The maximum Gasteiger partial charge on any atom is 0.306 e. The number of rotatable bonds is 5. The van der Waals surface area contributed by atoms with Crippen molar-refractivity contribution >= 4 is 21.7 Å². The van der Waals surface area contributed by atoms with Gasteiger partial charge in [-0.3, -0.25) is 9.59 Å². The topological polar surface area (TPSA) is 101 Å². The zero-order valence-electron chi connectivity index (χ0n) is 12.2. The van der Waals surface area contributed by atoms with Crippen molar-refractivity contribution in [3.05, 3.63) is 0 Å². The standard InChI is InChI=1S/C13H23NO5S/c1-13(2,20(3,18)19)8-14-11(15)9-5-4-6-10(7-9)12(16)17/h9-10H,4-8H2,1-3H3,(H,14,15)(H,16,17). The van der Waals surface area contributed by atoms with Gasteiger partial charge in [0, 0.05) is 18.7 Å². The van der Waals surface area contributed by atoms with Crippen LogP contribution >= 0.6 is 0 Å². The van der Waals surface area contributed by atoms with Crippen molar-refractivity contribution < 1.29 is 23.1 Å². The summed E-state index contributed by atoms with van der Waals surface area (Å²) in [4.78, 5) is 23.0. The highest BCUT2D eigenvalue weighted by molar-refractivity contribution is 7.92. The Hall–Kier alpha value is -1.11. The first kappa shape index (κ1) is 16.9. The molecule has 0 aromatic rings. The van der Waals surface area contributed by atoms with Gasteiger partial charge in [-0.1, -0.05) is 6.42 Å². The van der Waals surface area contributed by atoms with Crippen LogP contribution in [0.25, 0.3) is 0 Å². The Bertz CT molecular complexity index is 483. The molecule has 1 saturated carbocycles. The molecule has 1 rings (SSSR count). The summed E-state index contributed by atoms with van der Waals surface area (Å²) in [5, 5.41) is 11.6. The van der Waals surface area contributed by atoms with E-state index in [1.807, 2.05) is 0 Å². The van der Waals surface area contributed by atoms with Crippen LogP contribution in [0.2, 0.25) is 0 Å². The van der Waals surface area contributed by atoms with Crippen LogP contribution in [0.5, 0.6) is 0 Å². The van der Waals surface area contributed by atoms with Gasteiger partial charge in [-0.2, -0.15) is 0 Å². The van der Waals surface area contributed by atoms with Crippen LogP contribution < -0.4 is 5.32 Å². The van der Waals surface area contributed by atoms with Gasteiger partial charge in [0.2, 0.25) is 5.91 Å². The number of nitrogens with one attached hydrogen (secondary N) is 1. The molecule has 1 fully saturated rings. The van der Waals surface area contributed by atoms with E-state index in [2.05, 4.69) is 5.32 Å². The highest BCUT2D eigenvalue weighted by Gasteiger charge is 2.34. The van der Waals surface area contributed by atoms with E-state index in [9.17, 15) is 18.0 Å². The summed E-state index contributed by atoms with van der Waals surface area (Å²) in [7, 11) is -3.26. The van der Waals surface area contributed by atoms with Crippen molar-refractivity contribution in [3.63, 3.8) is 0 Å². The number of carboxylic acid groups (broad SMARTS) is 1. The highest BCUT2D eigenvalue weighted by atomic mass is 32.2. The smallest absolute Gasteiger partial charge is 0.306 e. The van der Waals surface area contributed by atoms with E-state index in [1.165, 1.54) is 0 Å². The second-order valence-electron chi connectivity index (χ2n) is 6.15. The van der Waals surface area contributed by atoms with E-state index in [0.29, 0.717) is 25.7 Å². The summed E-state index contributed by atoms with van der Waals surface area (Å²) in [6.07, 6.45) is 3.45. The second kappa shape index (κ2) is 6.11. The third-order valence-corrected chi connectivity index (χ3v) is 6.24. The molecule has 7 heteroatoms. The Morgan fingerprint density at radius 2 is 1.80 bits per heavy atom. The lowest BCUT2D eigenvalue weighted by Crippen LogP contribution is -2.46. The molecule has 1 aliphatic carbocycles. The van der Waals surface area contributed by atoms with Gasteiger partial charge in [-0.25, -0.2) is 8.42 Å². The van der Waals surface area contributed by atoms with Crippen LogP contribution in [-0.2, 0) is 19.4 Å². The monoisotopic (exact) mass is 305 g/mol. The maximum absolute atomic E-state index is 12.0. The van der Waals surface area contributed by atoms with Crippen LogP contribution in [0.3, 0.4) is 0 Å². The van der Waals surface area contributed by atoms with E-state index < -0.39 is 26.5 Å². The maximum atomic E-state index is 12.0. The van der Waals surface area contributed by atoms with Gasteiger partial charge in [0.15, 0.2) is 9.84 Å². The van der Waals surface area contributed by atoms with Crippen LogP contribution in [0.15, 0.2) is 0 Å². The molecule has 116 valence electrons. The molecule has 0 radical (unpaired) electrons. The van der Waals surface area contributed by atoms with E-state index >= 15 is 0 Å². The molecule has 1 amide bonds. The van der Waals surface area contributed by atoms with Crippen LogP contribution in [0.1, 0.15) is 39.5 Å². The van der Waals surface area contributed by atoms with E-state index in [4.69, 9.17) is 5.11 Å². The Labute approximate surface area is 119 Å². The fourth-order valence-corrected chi connectivity index (χ4v) is 2.56. The summed E-state index contributed by atoms with van der Waals surface area (Å²) in [5.74, 6) is -1.91. The quantitative estimate of drug-likeness (QED) is 0.783. The Balaban J connectivity index is 2.57. The molecule has 20 heavy (non-hydrogen) atoms.